The molecule has 3 aliphatic rings. The van der Waals surface area contributed by atoms with Gasteiger partial charge < -0.3 is 51.2 Å². The van der Waals surface area contributed by atoms with Crippen molar-refractivity contribution < 1.29 is 79.8 Å². The van der Waals surface area contributed by atoms with E-state index in [9.17, 15) is 42.3 Å². The molecule has 6 amide bonds. The molecular weight excluding hydrogens is 1010 g/mol. The SMILES string of the molecule is CCC.Cn1cc(N(C=O)c2nccc(N3CCNC(CCC(=O)C4CC4(F)F)C3)n2)cn1.[B]NC(CC(N)=O)C(=O)N1CCCC1C(=O)NCC(=O)Nc1ccc(COC(=O)N(C)CCN(C)C)cc1.[Y]. The normalized spacial score (nSPS) is 17.9. The fourth-order valence-electron chi connectivity index (χ4n) is 7.46. The van der Waals surface area contributed by atoms with Crippen LogP contribution in [0.5, 0.6) is 0 Å². The summed E-state index contributed by atoms with van der Waals surface area (Å²) in [5.74, 6) is -5.50. The Bertz CT molecular complexity index is 2260. The van der Waals surface area contributed by atoms with Gasteiger partial charge in [-0.2, -0.15) is 10.1 Å². The van der Waals surface area contributed by atoms with Gasteiger partial charge in [0.25, 0.3) is 5.92 Å². The molecule has 1 saturated carbocycles. The second-order valence-corrected chi connectivity index (χ2v) is 17.7. The van der Waals surface area contributed by atoms with Gasteiger partial charge in [-0.15, -0.1) is 0 Å². The maximum absolute atomic E-state index is 13.1. The van der Waals surface area contributed by atoms with Gasteiger partial charge in [-0.3, -0.25) is 33.4 Å². The van der Waals surface area contributed by atoms with Crippen molar-refractivity contribution in [3.63, 3.8) is 0 Å². The minimum atomic E-state index is -2.81. The zero-order valence-electron chi connectivity index (χ0n) is 41.9. The predicted molar refractivity (Wildman–Crippen MR) is 261 cm³/mol. The molecule has 3 fully saturated rings. The second-order valence-electron chi connectivity index (χ2n) is 17.7. The Morgan fingerprint density at radius 2 is 1.76 bits per heavy atom. The number of likely N-dealkylation sites (tertiary alicyclic amines) is 1. The number of amides is 6. The number of carbonyl (C=O) groups is 7. The van der Waals surface area contributed by atoms with Crippen LogP contribution in [0.1, 0.15) is 64.4 Å². The second kappa shape index (κ2) is 29.9. The number of aromatic nitrogens is 4. The van der Waals surface area contributed by atoms with Gasteiger partial charge in [-0.05, 0) is 57.1 Å². The van der Waals surface area contributed by atoms with Crippen LogP contribution >= 0.6 is 0 Å². The first-order valence-electron chi connectivity index (χ1n) is 23.5. The van der Waals surface area contributed by atoms with Crippen LogP contribution in [0.2, 0.25) is 0 Å². The molecule has 4 unspecified atom stereocenters. The molecule has 22 nitrogen and oxygen atoms in total. The van der Waals surface area contributed by atoms with Crippen LogP contribution in [0.25, 0.3) is 0 Å². The topological polar surface area (TPSA) is 263 Å². The number of rotatable bonds is 21. The number of nitrogens with one attached hydrogen (secondary N) is 4. The van der Waals surface area contributed by atoms with Crippen LogP contribution in [-0.2, 0) is 79.9 Å². The molecule has 1 aromatic carbocycles. The summed E-state index contributed by atoms with van der Waals surface area (Å²) in [6.45, 7) is 7.59. The molecule has 6 rings (SSSR count). The first-order valence-corrected chi connectivity index (χ1v) is 23.5. The fraction of sp³-hybridized carbons (Fsp3) is 0.565. The van der Waals surface area contributed by atoms with Gasteiger partial charge in [0.2, 0.25) is 36.0 Å². The maximum Gasteiger partial charge on any atom is 0.409 e. The van der Waals surface area contributed by atoms with E-state index in [1.807, 2.05) is 23.9 Å². The number of ketones is 1. The van der Waals surface area contributed by atoms with E-state index in [4.69, 9.17) is 18.5 Å². The summed E-state index contributed by atoms with van der Waals surface area (Å²) >= 11 is 0. The van der Waals surface area contributed by atoms with Crippen molar-refractivity contribution in [1.29, 1.82) is 0 Å². The maximum atomic E-state index is 13.1. The van der Waals surface area contributed by atoms with Crippen LogP contribution < -0.4 is 36.7 Å². The van der Waals surface area contributed by atoms with Crippen molar-refractivity contribution in [3.8, 4) is 0 Å². The average Bonchev–Trinajstić information content (AvgIpc) is 3.62. The summed E-state index contributed by atoms with van der Waals surface area (Å²) in [6, 6.07) is 6.71. The summed E-state index contributed by atoms with van der Waals surface area (Å²) in [6.07, 6.45) is 7.32. The molecule has 3 radical (unpaired) electrons. The zero-order valence-corrected chi connectivity index (χ0v) is 44.7. The number of halogens is 2. The quantitative estimate of drug-likeness (QED) is 0.0748. The Kier molecular flexibility index (Phi) is 25.2. The molecule has 389 valence electrons. The summed E-state index contributed by atoms with van der Waals surface area (Å²) < 4.78 is 33.0. The molecule has 4 heterocycles. The van der Waals surface area contributed by atoms with Crippen molar-refractivity contribution in [1.82, 2.24) is 50.3 Å². The number of anilines is 4. The Morgan fingerprint density at radius 3 is 2.36 bits per heavy atom. The number of hydrogen-bond donors (Lipinski definition) is 5. The monoisotopic (exact) mass is 1080 g/mol. The standard InChI is InChI=1S/C24H36BN7O6.C19H23F2N7O2.C3H8.Y/c1-30(2)11-12-31(3)24(37)38-15-16-6-8-17(9-7-16)28-21(34)14-27-22(35)19-5-4-10-32(19)23(36)18(29-25)13-20(26)33;1-26-11-14(9-24-26)28(12-29)18-23-5-4-17(25-18)27-7-6-22-13(10-27)2-3-16(30)15-8-19(15,20)21;1-3-2;/h6-9,18-19,29H,4-5,10-15H2,1-3H3,(H2,26,33)(H,27,35)(H,28,34);4-5,9,11-13,15,22H,2-3,6-8,10H2,1H3;3H2,1-2H3;. The van der Waals surface area contributed by atoms with Gasteiger partial charge in [-0.1, -0.05) is 32.4 Å². The number of primary amides is 1. The molecule has 1 aliphatic carbocycles. The number of nitrogens with two attached hydrogens (primary N) is 1. The Labute approximate surface area is 445 Å². The molecule has 0 spiro atoms. The molecular formula is C46H67BF2N14O8Y. The molecule has 3 aromatic rings. The predicted octanol–water partition coefficient (Wildman–Crippen LogP) is 1.48. The third-order valence-electron chi connectivity index (χ3n) is 11.4. The van der Waals surface area contributed by atoms with E-state index in [1.54, 1.807) is 67.7 Å². The van der Waals surface area contributed by atoms with Gasteiger partial charge >= 0.3 is 6.09 Å². The molecule has 2 aliphatic heterocycles. The van der Waals surface area contributed by atoms with Crippen LogP contribution in [0.3, 0.4) is 0 Å². The largest absolute Gasteiger partial charge is 0.445 e. The fourth-order valence-corrected chi connectivity index (χ4v) is 7.46. The Balaban J connectivity index is 0.000000363. The zero-order chi connectivity index (χ0) is 52.3. The first-order chi connectivity index (χ1) is 33.8. The number of benzene rings is 1. The molecule has 6 N–H and O–H groups in total. The van der Waals surface area contributed by atoms with E-state index in [1.165, 1.54) is 21.1 Å². The van der Waals surface area contributed by atoms with Crippen molar-refractivity contribution in [2.24, 2.45) is 18.7 Å². The van der Waals surface area contributed by atoms with E-state index in [-0.39, 0.29) is 82.9 Å². The molecule has 72 heavy (non-hydrogen) atoms. The number of aryl methyl sites for hydroxylation is 1. The van der Waals surface area contributed by atoms with E-state index in [0.29, 0.717) is 75.6 Å². The minimum absolute atomic E-state index is 0. The number of ether oxygens (including phenoxy) is 1. The van der Waals surface area contributed by atoms with E-state index in [0.717, 1.165) is 12.1 Å². The summed E-state index contributed by atoms with van der Waals surface area (Å²) in [5.41, 5.74) is 6.96. The smallest absolute Gasteiger partial charge is 0.409 e. The third-order valence-corrected chi connectivity index (χ3v) is 11.4. The van der Waals surface area contributed by atoms with Gasteiger partial charge in [0.1, 0.15) is 24.2 Å². The van der Waals surface area contributed by atoms with E-state index >= 15 is 0 Å². The van der Waals surface area contributed by atoms with E-state index in [2.05, 4.69) is 50.1 Å². The summed E-state index contributed by atoms with van der Waals surface area (Å²) in [5, 5.41) is 14.9. The van der Waals surface area contributed by atoms with Gasteiger partial charge in [0.15, 0.2) is 7.98 Å². The average molecular weight is 1080 g/mol. The van der Waals surface area contributed by atoms with Crippen LogP contribution in [0.15, 0.2) is 48.9 Å². The van der Waals surface area contributed by atoms with Crippen LogP contribution in [-0.4, -0.2) is 175 Å². The number of Topliss-reactive ketones (excluding diaryl/α,β-unsaturated/α-hetero) is 1. The number of likely N-dealkylation sites (N-methyl/N-ethyl adjacent to an activating group) is 2. The number of nitrogens with zero attached hydrogens (tertiary/aromatic N) is 9. The number of carbonyl (C=O) groups excluding carboxylic acids is 7. The van der Waals surface area contributed by atoms with Crippen molar-refractivity contribution in [2.75, 3.05) is 82.1 Å². The Morgan fingerprint density at radius 1 is 1.07 bits per heavy atom. The Hall–Kier alpha value is -5.49. The molecule has 0 bridgehead atoms. The van der Waals surface area contributed by atoms with Gasteiger partial charge in [0.05, 0.1) is 30.4 Å². The first kappa shape index (κ1) is 60.8. The molecule has 4 atom stereocenters. The van der Waals surface area contributed by atoms with Crippen molar-refractivity contribution in [3.05, 3.63) is 54.5 Å². The van der Waals surface area contributed by atoms with Gasteiger partial charge in [-0.25, -0.2) is 23.5 Å². The number of hydrogen-bond acceptors (Lipinski definition) is 15. The molecule has 2 aromatic heterocycles. The van der Waals surface area contributed by atoms with Crippen molar-refractivity contribution in [2.45, 2.75) is 89.4 Å². The molecule has 26 heteroatoms. The van der Waals surface area contributed by atoms with Crippen molar-refractivity contribution >= 4 is 73.0 Å². The van der Waals surface area contributed by atoms with Gasteiger partial charge in [0, 0.05) is 129 Å². The summed E-state index contributed by atoms with van der Waals surface area (Å²) in [4.78, 5) is 101. The number of piperazine rings is 1. The minimum Gasteiger partial charge on any atom is -0.445 e. The van der Waals surface area contributed by atoms with Crippen LogP contribution in [0.4, 0.5) is 36.7 Å². The third kappa shape index (κ3) is 19.2. The summed E-state index contributed by atoms with van der Waals surface area (Å²) in [7, 11) is 12.6. The number of alkyl halides is 2. The molecule has 2 saturated heterocycles. The van der Waals surface area contributed by atoms with Crippen LogP contribution in [0, 0.1) is 5.92 Å². The van der Waals surface area contributed by atoms with E-state index < -0.39 is 53.6 Å².